The lowest BCUT2D eigenvalue weighted by Crippen LogP contribution is -1.79. The van der Waals surface area contributed by atoms with Crippen molar-refractivity contribution in [1.29, 1.82) is 0 Å². The Morgan fingerprint density at radius 1 is 1.00 bits per heavy atom. The molecular formula is C14H10BrNO. The highest BCUT2D eigenvalue weighted by atomic mass is 79.9. The van der Waals surface area contributed by atoms with Gasteiger partial charge in [0, 0.05) is 10.9 Å². The maximum Gasteiger partial charge on any atom is 0.227 e. The van der Waals surface area contributed by atoms with E-state index in [-0.39, 0.29) is 0 Å². The van der Waals surface area contributed by atoms with Gasteiger partial charge in [-0.2, -0.15) is 0 Å². The van der Waals surface area contributed by atoms with Crippen LogP contribution in [0.25, 0.3) is 22.6 Å². The van der Waals surface area contributed by atoms with Crippen molar-refractivity contribution in [2.24, 2.45) is 0 Å². The third kappa shape index (κ3) is 1.98. The van der Waals surface area contributed by atoms with E-state index >= 15 is 0 Å². The van der Waals surface area contributed by atoms with E-state index in [1.54, 1.807) is 0 Å². The van der Waals surface area contributed by atoms with Gasteiger partial charge in [0.15, 0.2) is 5.58 Å². The SMILES string of the molecule is BrCc1ccc(-c2nc3ccccc3o2)cc1. The zero-order valence-corrected chi connectivity index (χ0v) is 10.6. The minimum Gasteiger partial charge on any atom is -0.436 e. The number of nitrogens with zero attached hydrogens (tertiary/aromatic N) is 1. The van der Waals surface area contributed by atoms with Crippen molar-refractivity contribution < 1.29 is 4.42 Å². The maximum atomic E-state index is 5.70. The number of fused-ring (bicyclic) bond motifs is 1. The highest BCUT2D eigenvalue weighted by Crippen LogP contribution is 2.24. The summed E-state index contributed by atoms with van der Waals surface area (Å²) in [6.07, 6.45) is 0. The molecule has 2 aromatic carbocycles. The van der Waals surface area contributed by atoms with Gasteiger partial charge < -0.3 is 4.42 Å². The average Bonchev–Trinajstić information content (AvgIpc) is 2.82. The Hall–Kier alpha value is -1.61. The quantitative estimate of drug-likeness (QED) is 0.654. The van der Waals surface area contributed by atoms with Crippen molar-refractivity contribution in [2.75, 3.05) is 0 Å². The van der Waals surface area contributed by atoms with Gasteiger partial charge in [-0.1, -0.05) is 40.2 Å². The molecule has 17 heavy (non-hydrogen) atoms. The van der Waals surface area contributed by atoms with Crippen molar-refractivity contribution in [1.82, 2.24) is 4.98 Å². The number of rotatable bonds is 2. The van der Waals surface area contributed by atoms with Crippen LogP contribution in [0, 0.1) is 0 Å². The number of hydrogen-bond donors (Lipinski definition) is 0. The molecule has 2 nitrogen and oxygen atoms in total. The summed E-state index contributed by atoms with van der Waals surface area (Å²) in [6.45, 7) is 0. The van der Waals surface area contributed by atoms with Crippen molar-refractivity contribution in [3.63, 3.8) is 0 Å². The summed E-state index contributed by atoms with van der Waals surface area (Å²) in [5.74, 6) is 0.673. The molecule has 0 atom stereocenters. The Balaban J connectivity index is 2.07. The first-order chi connectivity index (χ1) is 8.36. The summed E-state index contributed by atoms with van der Waals surface area (Å²) in [5.41, 5.74) is 3.97. The lowest BCUT2D eigenvalue weighted by molar-refractivity contribution is 0.620. The Morgan fingerprint density at radius 3 is 2.47 bits per heavy atom. The molecule has 1 heterocycles. The predicted molar refractivity (Wildman–Crippen MR) is 72.1 cm³/mol. The summed E-state index contributed by atoms with van der Waals surface area (Å²) in [4.78, 5) is 4.46. The molecule has 3 rings (SSSR count). The first kappa shape index (κ1) is 10.5. The van der Waals surface area contributed by atoms with Crippen LogP contribution >= 0.6 is 15.9 Å². The first-order valence-corrected chi connectivity index (χ1v) is 6.50. The molecule has 0 saturated carbocycles. The number of benzene rings is 2. The van der Waals surface area contributed by atoms with Gasteiger partial charge in [0.2, 0.25) is 5.89 Å². The fourth-order valence-corrected chi connectivity index (χ4v) is 2.11. The summed E-state index contributed by atoms with van der Waals surface area (Å²) in [5, 5.41) is 0.862. The standard InChI is InChI=1S/C14H10BrNO/c15-9-10-5-7-11(8-6-10)14-16-12-3-1-2-4-13(12)17-14/h1-8H,9H2. The van der Waals surface area contributed by atoms with Gasteiger partial charge in [-0.3, -0.25) is 0 Å². The van der Waals surface area contributed by atoms with Crippen LogP contribution in [0.4, 0.5) is 0 Å². The molecule has 0 aliphatic rings. The minimum absolute atomic E-state index is 0.673. The molecule has 0 saturated heterocycles. The van der Waals surface area contributed by atoms with E-state index in [4.69, 9.17) is 4.42 Å². The molecule has 84 valence electrons. The van der Waals surface area contributed by atoms with E-state index in [1.807, 2.05) is 36.4 Å². The number of aromatic nitrogens is 1. The van der Waals surface area contributed by atoms with Crippen LogP contribution < -0.4 is 0 Å². The normalized spacial score (nSPS) is 10.9. The second kappa shape index (κ2) is 4.34. The van der Waals surface area contributed by atoms with Gasteiger partial charge >= 0.3 is 0 Å². The molecular weight excluding hydrogens is 278 g/mol. The molecule has 0 spiro atoms. The third-order valence-corrected chi connectivity index (χ3v) is 3.30. The van der Waals surface area contributed by atoms with Crippen LogP contribution in [-0.4, -0.2) is 4.98 Å². The average molecular weight is 288 g/mol. The molecule has 3 heteroatoms. The second-order valence-electron chi connectivity index (χ2n) is 3.82. The lowest BCUT2D eigenvalue weighted by Gasteiger charge is -1.97. The Bertz CT molecular complexity index is 610. The third-order valence-electron chi connectivity index (χ3n) is 2.65. The van der Waals surface area contributed by atoms with Gasteiger partial charge in [-0.15, -0.1) is 0 Å². The Morgan fingerprint density at radius 2 is 1.76 bits per heavy atom. The summed E-state index contributed by atoms with van der Waals surface area (Å²) in [6, 6.07) is 16.0. The van der Waals surface area contributed by atoms with Crippen molar-refractivity contribution in [2.45, 2.75) is 5.33 Å². The van der Waals surface area contributed by atoms with Crippen molar-refractivity contribution >= 4 is 27.0 Å². The smallest absolute Gasteiger partial charge is 0.227 e. The fourth-order valence-electron chi connectivity index (χ4n) is 1.73. The zero-order chi connectivity index (χ0) is 11.7. The number of alkyl halides is 1. The van der Waals surface area contributed by atoms with Crippen LogP contribution in [-0.2, 0) is 5.33 Å². The monoisotopic (exact) mass is 287 g/mol. The van der Waals surface area contributed by atoms with Gasteiger partial charge in [-0.25, -0.2) is 4.98 Å². The van der Waals surface area contributed by atoms with E-state index in [1.165, 1.54) is 5.56 Å². The van der Waals surface area contributed by atoms with Gasteiger partial charge in [0.25, 0.3) is 0 Å². The Labute approximate surface area is 107 Å². The molecule has 0 aliphatic carbocycles. The van der Waals surface area contributed by atoms with Crippen LogP contribution in [0.2, 0.25) is 0 Å². The molecule has 0 fully saturated rings. The molecule has 3 aromatic rings. The Kier molecular flexibility index (Phi) is 2.69. The first-order valence-electron chi connectivity index (χ1n) is 5.37. The van der Waals surface area contributed by atoms with Crippen LogP contribution in [0.1, 0.15) is 5.56 Å². The number of oxazole rings is 1. The summed E-state index contributed by atoms with van der Waals surface area (Å²) in [7, 11) is 0. The molecule has 0 radical (unpaired) electrons. The van der Waals surface area contributed by atoms with Crippen molar-refractivity contribution in [3.8, 4) is 11.5 Å². The molecule has 0 bridgehead atoms. The predicted octanol–water partition coefficient (Wildman–Crippen LogP) is 4.39. The van der Waals surface area contributed by atoms with E-state index in [2.05, 4.69) is 33.0 Å². The number of hydrogen-bond acceptors (Lipinski definition) is 2. The molecule has 0 amide bonds. The highest BCUT2D eigenvalue weighted by molar-refractivity contribution is 9.08. The van der Waals surface area contributed by atoms with Gasteiger partial charge in [-0.05, 0) is 29.8 Å². The minimum atomic E-state index is 0.673. The molecule has 0 N–H and O–H groups in total. The van der Waals surface area contributed by atoms with E-state index in [9.17, 15) is 0 Å². The van der Waals surface area contributed by atoms with Crippen molar-refractivity contribution in [3.05, 3.63) is 54.1 Å². The summed E-state index contributed by atoms with van der Waals surface area (Å²) >= 11 is 3.43. The van der Waals surface area contributed by atoms with Crippen LogP contribution in [0.5, 0.6) is 0 Å². The van der Waals surface area contributed by atoms with Crippen LogP contribution in [0.3, 0.4) is 0 Å². The van der Waals surface area contributed by atoms with Gasteiger partial charge in [0.05, 0.1) is 0 Å². The molecule has 1 aromatic heterocycles. The van der Waals surface area contributed by atoms with E-state index < -0.39 is 0 Å². The summed E-state index contributed by atoms with van der Waals surface area (Å²) < 4.78 is 5.70. The maximum absolute atomic E-state index is 5.70. The highest BCUT2D eigenvalue weighted by Gasteiger charge is 2.06. The lowest BCUT2D eigenvalue weighted by atomic mass is 10.1. The fraction of sp³-hybridized carbons (Fsp3) is 0.0714. The number of para-hydroxylation sites is 2. The number of halogens is 1. The van der Waals surface area contributed by atoms with E-state index in [0.717, 1.165) is 22.0 Å². The second-order valence-corrected chi connectivity index (χ2v) is 4.38. The van der Waals surface area contributed by atoms with Crippen LogP contribution in [0.15, 0.2) is 52.9 Å². The largest absolute Gasteiger partial charge is 0.436 e. The molecule has 0 aliphatic heterocycles. The van der Waals surface area contributed by atoms with E-state index in [0.29, 0.717) is 5.89 Å². The zero-order valence-electron chi connectivity index (χ0n) is 9.06. The molecule has 0 unspecified atom stereocenters. The van der Waals surface area contributed by atoms with Gasteiger partial charge in [0.1, 0.15) is 5.52 Å². The topological polar surface area (TPSA) is 26.0 Å².